The highest BCUT2D eigenvalue weighted by Gasteiger charge is 2.23. The number of nitrogens with zero attached hydrogens (tertiary/aromatic N) is 4. The highest BCUT2D eigenvalue weighted by molar-refractivity contribution is 6.23. The van der Waals surface area contributed by atoms with E-state index in [2.05, 4.69) is 167 Å². The van der Waals surface area contributed by atoms with Gasteiger partial charge in [-0.3, -0.25) is 4.57 Å². The van der Waals surface area contributed by atoms with E-state index >= 15 is 0 Å². The smallest absolute Gasteiger partial charge is 0.165 e. The maximum Gasteiger partial charge on any atom is 0.165 e. The maximum atomic E-state index is 5.44. The molecular weight excluding hydrogens is 609 g/mol. The fraction of sp³-hybridized carbons (Fsp3) is 0. The number of rotatable bonds is 3. The van der Waals surface area contributed by atoms with E-state index in [0.29, 0.717) is 0 Å². The molecule has 0 spiro atoms. The zero-order chi connectivity index (χ0) is 32.8. The summed E-state index contributed by atoms with van der Waals surface area (Å²) in [6.07, 6.45) is 0. The van der Waals surface area contributed by atoms with Crippen LogP contribution in [0.5, 0.6) is 0 Å². The molecule has 232 valence electrons. The third kappa shape index (κ3) is 3.81. The number of hydrogen-bond donors (Lipinski definition) is 0. The van der Waals surface area contributed by atoms with E-state index in [1.165, 1.54) is 43.2 Å². The summed E-state index contributed by atoms with van der Waals surface area (Å²) >= 11 is 0. The second kappa shape index (κ2) is 10.4. The first-order chi connectivity index (χ1) is 24.8. The first kappa shape index (κ1) is 27.2. The minimum Gasteiger partial charge on any atom is -0.309 e. The summed E-state index contributed by atoms with van der Waals surface area (Å²) < 4.78 is 4.78. The lowest BCUT2D eigenvalue weighted by molar-refractivity contribution is 1.08. The SMILES string of the molecule is c1ccc(-n2c3cc4c(cc3c3ccc5ccccc5c32)c2ccccc2n4-c2nc3ccccc3nc2-c2cccc3ccccc23)cc1. The third-order valence-corrected chi connectivity index (χ3v) is 10.3. The standard InChI is InChI=1S/C46H28N4/c1-2-16-31(17-3-1)49-42-28-43-37(27-38(42)36-26-25-30-14-5-7-19-33(30)45(36)49)34-20-8-11-24-41(34)50(43)46-44(47-39-22-9-10-23-40(39)48-46)35-21-12-15-29-13-4-6-18-32(29)35/h1-28H. The van der Waals surface area contributed by atoms with Crippen molar-refractivity contribution in [2.45, 2.75) is 0 Å². The van der Waals surface area contributed by atoms with Crippen molar-refractivity contribution in [1.82, 2.24) is 19.1 Å². The van der Waals surface area contributed by atoms with Gasteiger partial charge in [0, 0.05) is 38.2 Å². The average molecular weight is 637 g/mol. The van der Waals surface area contributed by atoms with Crippen molar-refractivity contribution in [3.8, 4) is 22.8 Å². The molecule has 0 atom stereocenters. The normalized spacial score (nSPS) is 12.0. The molecule has 4 heteroatoms. The molecule has 8 aromatic carbocycles. The molecule has 11 rings (SSSR count). The minimum absolute atomic E-state index is 0.818. The molecule has 11 aromatic rings. The van der Waals surface area contributed by atoms with Gasteiger partial charge in [-0.25, -0.2) is 9.97 Å². The largest absolute Gasteiger partial charge is 0.309 e. The topological polar surface area (TPSA) is 35.6 Å². The number of para-hydroxylation sites is 4. The lowest BCUT2D eigenvalue weighted by atomic mass is 10.0. The Balaban J connectivity index is 1.33. The zero-order valence-electron chi connectivity index (χ0n) is 27.0. The first-order valence-electron chi connectivity index (χ1n) is 17.0. The van der Waals surface area contributed by atoms with Crippen molar-refractivity contribution in [2.75, 3.05) is 0 Å². The van der Waals surface area contributed by atoms with E-state index in [-0.39, 0.29) is 0 Å². The van der Waals surface area contributed by atoms with Gasteiger partial charge in [0.1, 0.15) is 5.69 Å². The van der Waals surface area contributed by atoms with Gasteiger partial charge >= 0.3 is 0 Å². The van der Waals surface area contributed by atoms with Crippen LogP contribution in [0.3, 0.4) is 0 Å². The minimum atomic E-state index is 0.818. The Labute approximate surface area is 287 Å². The van der Waals surface area contributed by atoms with Crippen molar-refractivity contribution >= 4 is 76.2 Å². The van der Waals surface area contributed by atoms with Crippen molar-refractivity contribution in [2.24, 2.45) is 0 Å². The highest BCUT2D eigenvalue weighted by Crippen LogP contribution is 2.43. The van der Waals surface area contributed by atoms with Crippen LogP contribution < -0.4 is 0 Å². The highest BCUT2D eigenvalue weighted by atomic mass is 15.1. The summed E-state index contributed by atoms with van der Waals surface area (Å²) in [6, 6.07) is 60.6. The molecule has 0 saturated carbocycles. The molecule has 0 bridgehead atoms. The van der Waals surface area contributed by atoms with Gasteiger partial charge in [0.15, 0.2) is 5.82 Å². The van der Waals surface area contributed by atoms with Crippen molar-refractivity contribution in [1.29, 1.82) is 0 Å². The van der Waals surface area contributed by atoms with Gasteiger partial charge in [0.25, 0.3) is 0 Å². The molecule has 0 saturated heterocycles. The van der Waals surface area contributed by atoms with Crippen molar-refractivity contribution in [3.05, 3.63) is 170 Å². The van der Waals surface area contributed by atoms with E-state index in [4.69, 9.17) is 9.97 Å². The molecule has 0 aliphatic heterocycles. The monoisotopic (exact) mass is 636 g/mol. The van der Waals surface area contributed by atoms with Gasteiger partial charge in [-0.05, 0) is 58.6 Å². The molecule has 0 radical (unpaired) electrons. The quantitative estimate of drug-likeness (QED) is 0.193. The molecule has 0 N–H and O–H groups in total. The van der Waals surface area contributed by atoms with E-state index in [9.17, 15) is 0 Å². The second-order valence-corrected chi connectivity index (χ2v) is 13.0. The van der Waals surface area contributed by atoms with Crippen LogP contribution in [-0.4, -0.2) is 19.1 Å². The molecule has 4 nitrogen and oxygen atoms in total. The summed E-state index contributed by atoms with van der Waals surface area (Å²) in [4.78, 5) is 10.8. The van der Waals surface area contributed by atoms with Gasteiger partial charge in [0.2, 0.25) is 0 Å². The van der Waals surface area contributed by atoms with Crippen molar-refractivity contribution < 1.29 is 0 Å². The first-order valence-corrected chi connectivity index (χ1v) is 17.0. The lowest BCUT2D eigenvalue weighted by Crippen LogP contribution is -2.04. The number of aromatic nitrogens is 4. The Bertz CT molecular complexity index is 3140. The number of fused-ring (bicyclic) bond motifs is 10. The molecule has 0 aliphatic rings. The Morgan fingerprint density at radius 2 is 0.980 bits per heavy atom. The predicted octanol–water partition coefficient (Wildman–Crippen LogP) is 11.8. The van der Waals surface area contributed by atoms with Gasteiger partial charge in [0.05, 0.1) is 33.1 Å². The summed E-state index contributed by atoms with van der Waals surface area (Å²) in [5.41, 5.74) is 9.35. The van der Waals surface area contributed by atoms with E-state index in [1.54, 1.807) is 0 Å². The Hall–Kier alpha value is -6.78. The summed E-state index contributed by atoms with van der Waals surface area (Å²) in [5, 5.41) is 9.63. The molecule has 0 amide bonds. The predicted molar refractivity (Wildman–Crippen MR) is 209 cm³/mol. The molecule has 0 fully saturated rings. The molecule has 3 aromatic heterocycles. The summed E-state index contributed by atoms with van der Waals surface area (Å²) in [7, 11) is 0. The van der Waals surface area contributed by atoms with Crippen LogP contribution in [0.25, 0.3) is 99.0 Å². The average Bonchev–Trinajstić information content (AvgIpc) is 3.69. The van der Waals surface area contributed by atoms with Crippen LogP contribution in [0.1, 0.15) is 0 Å². The number of benzene rings is 8. The van der Waals surface area contributed by atoms with Crippen LogP contribution in [0, 0.1) is 0 Å². The molecular formula is C46H28N4. The lowest BCUT2D eigenvalue weighted by Gasteiger charge is -2.15. The van der Waals surface area contributed by atoms with Crippen LogP contribution in [0.15, 0.2) is 170 Å². The fourth-order valence-electron chi connectivity index (χ4n) is 8.07. The second-order valence-electron chi connectivity index (χ2n) is 13.0. The molecule has 0 aliphatic carbocycles. The molecule has 0 unspecified atom stereocenters. The molecule has 3 heterocycles. The number of hydrogen-bond acceptors (Lipinski definition) is 2. The van der Waals surface area contributed by atoms with Gasteiger partial charge in [-0.2, -0.15) is 0 Å². The third-order valence-electron chi connectivity index (χ3n) is 10.3. The summed E-state index contributed by atoms with van der Waals surface area (Å²) in [6.45, 7) is 0. The van der Waals surface area contributed by atoms with Gasteiger partial charge in [-0.1, -0.05) is 127 Å². The Morgan fingerprint density at radius 3 is 1.82 bits per heavy atom. The Morgan fingerprint density at radius 1 is 0.360 bits per heavy atom. The maximum absolute atomic E-state index is 5.44. The van der Waals surface area contributed by atoms with E-state index in [1.807, 2.05) is 12.1 Å². The van der Waals surface area contributed by atoms with E-state index < -0.39 is 0 Å². The van der Waals surface area contributed by atoms with Crippen LogP contribution >= 0.6 is 0 Å². The van der Waals surface area contributed by atoms with Gasteiger partial charge in [-0.15, -0.1) is 0 Å². The zero-order valence-corrected chi connectivity index (χ0v) is 27.0. The van der Waals surface area contributed by atoms with Crippen LogP contribution in [0.4, 0.5) is 0 Å². The molecule has 50 heavy (non-hydrogen) atoms. The summed E-state index contributed by atoms with van der Waals surface area (Å²) in [5.74, 6) is 0.818. The van der Waals surface area contributed by atoms with Gasteiger partial charge < -0.3 is 4.57 Å². The van der Waals surface area contributed by atoms with Crippen LogP contribution in [0.2, 0.25) is 0 Å². The van der Waals surface area contributed by atoms with Crippen LogP contribution in [-0.2, 0) is 0 Å². The van der Waals surface area contributed by atoms with Crippen molar-refractivity contribution in [3.63, 3.8) is 0 Å². The fourth-order valence-corrected chi connectivity index (χ4v) is 8.07. The Kier molecular flexibility index (Phi) is 5.63. The van der Waals surface area contributed by atoms with E-state index in [0.717, 1.165) is 55.7 Å².